The molecule has 6 nitrogen and oxygen atoms in total. The van der Waals surface area contributed by atoms with Gasteiger partial charge < -0.3 is 9.47 Å². The van der Waals surface area contributed by atoms with Crippen LogP contribution < -0.4 is 0 Å². The van der Waals surface area contributed by atoms with Crippen LogP contribution in [-0.4, -0.2) is 56.2 Å². The molecule has 0 bridgehead atoms. The molecule has 3 aromatic rings. The molecule has 180 valence electrons. The second kappa shape index (κ2) is 11.0. The van der Waals surface area contributed by atoms with Crippen molar-refractivity contribution in [3.8, 4) is 0 Å². The van der Waals surface area contributed by atoms with Gasteiger partial charge in [0.1, 0.15) is 5.82 Å². The molecule has 2 fully saturated rings. The summed E-state index contributed by atoms with van der Waals surface area (Å²) in [5, 5.41) is 7.09. The van der Waals surface area contributed by atoms with Crippen molar-refractivity contribution in [2.75, 3.05) is 26.2 Å². The molecular formula is C26H33N5OS2. The second-order valence-corrected chi connectivity index (χ2v) is 10.8. The smallest absolute Gasteiger partial charge is 0.225 e. The Morgan fingerprint density at radius 1 is 1.03 bits per heavy atom. The summed E-state index contributed by atoms with van der Waals surface area (Å²) in [5.74, 6) is 1.58. The lowest BCUT2D eigenvalue weighted by atomic mass is 9.95. The Morgan fingerprint density at radius 2 is 1.79 bits per heavy atom. The van der Waals surface area contributed by atoms with E-state index in [0.717, 1.165) is 81.8 Å². The molecule has 5 rings (SSSR count). The van der Waals surface area contributed by atoms with Gasteiger partial charge >= 0.3 is 0 Å². The molecule has 8 heteroatoms. The molecule has 34 heavy (non-hydrogen) atoms. The van der Waals surface area contributed by atoms with Gasteiger partial charge in [-0.05, 0) is 61.3 Å². The number of hydrogen-bond donors (Lipinski definition) is 0. The molecule has 0 radical (unpaired) electrons. The molecule has 0 saturated carbocycles. The SMILES string of the molecule is O=C(C1CCN(Cn2nc(Cc3cccs3)n(CCc3ccccc3)c2=S)CC1)N1CCCC1. The molecule has 2 aromatic heterocycles. The number of carbonyl (C=O) groups excluding carboxylic acids is 1. The van der Waals surface area contributed by atoms with Crippen LogP contribution in [0.1, 0.15) is 41.9 Å². The highest BCUT2D eigenvalue weighted by atomic mass is 32.1. The molecule has 1 aromatic carbocycles. The van der Waals surface area contributed by atoms with Gasteiger partial charge in [0.2, 0.25) is 5.91 Å². The van der Waals surface area contributed by atoms with Crippen LogP contribution in [0.4, 0.5) is 0 Å². The Bertz CT molecular complexity index is 1120. The lowest BCUT2D eigenvalue weighted by Gasteiger charge is -2.32. The van der Waals surface area contributed by atoms with Gasteiger partial charge in [0.15, 0.2) is 4.77 Å². The maximum Gasteiger partial charge on any atom is 0.225 e. The maximum atomic E-state index is 12.8. The summed E-state index contributed by atoms with van der Waals surface area (Å²) in [6.07, 6.45) is 5.91. The normalized spacial score (nSPS) is 17.5. The number of aryl methyl sites for hydroxylation is 1. The predicted molar refractivity (Wildman–Crippen MR) is 138 cm³/mol. The Morgan fingerprint density at radius 3 is 2.50 bits per heavy atom. The first-order chi connectivity index (χ1) is 16.7. The van der Waals surface area contributed by atoms with E-state index in [0.29, 0.717) is 12.6 Å². The number of rotatable bonds is 8. The summed E-state index contributed by atoms with van der Waals surface area (Å²) in [7, 11) is 0. The number of benzene rings is 1. The molecule has 0 atom stereocenters. The number of likely N-dealkylation sites (tertiary alicyclic amines) is 2. The van der Waals surface area contributed by atoms with E-state index in [4.69, 9.17) is 17.3 Å². The minimum Gasteiger partial charge on any atom is -0.342 e. The Balaban J connectivity index is 1.26. The fourth-order valence-electron chi connectivity index (χ4n) is 5.09. The highest BCUT2D eigenvalue weighted by Crippen LogP contribution is 2.23. The van der Waals surface area contributed by atoms with Crippen molar-refractivity contribution in [3.63, 3.8) is 0 Å². The minimum atomic E-state index is 0.181. The van der Waals surface area contributed by atoms with Crippen molar-refractivity contribution < 1.29 is 4.79 Å². The van der Waals surface area contributed by atoms with E-state index in [2.05, 4.69) is 62.2 Å². The van der Waals surface area contributed by atoms with Crippen molar-refractivity contribution in [1.82, 2.24) is 24.1 Å². The van der Waals surface area contributed by atoms with Gasteiger partial charge in [-0.2, -0.15) is 5.10 Å². The van der Waals surface area contributed by atoms with Crippen molar-refractivity contribution in [3.05, 3.63) is 68.9 Å². The van der Waals surface area contributed by atoms with Gasteiger partial charge in [-0.15, -0.1) is 11.3 Å². The van der Waals surface area contributed by atoms with Crippen molar-refractivity contribution in [2.45, 2.75) is 51.7 Å². The van der Waals surface area contributed by atoms with E-state index >= 15 is 0 Å². The van der Waals surface area contributed by atoms with Gasteiger partial charge in [-0.3, -0.25) is 9.69 Å². The first-order valence-corrected chi connectivity index (χ1v) is 13.7. The molecule has 2 aliphatic rings. The minimum absolute atomic E-state index is 0.181. The molecule has 2 saturated heterocycles. The van der Waals surface area contributed by atoms with Crippen LogP contribution in [0, 0.1) is 10.7 Å². The van der Waals surface area contributed by atoms with Crippen molar-refractivity contribution in [2.24, 2.45) is 5.92 Å². The number of thiophene rings is 1. The van der Waals surface area contributed by atoms with Crippen LogP contribution >= 0.6 is 23.6 Å². The third-order valence-electron chi connectivity index (χ3n) is 7.07. The Labute approximate surface area is 210 Å². The zero-order valence-electron chi connectivity index (χ0n) is 19.6. The first-order valence-electron chi connectivity index (χ1n) is 12.4. The van der Waals surface area contributed by atoms with E-state index in [9.17, 15) is 4.79 Å². The number of nitrogens with zero attached hydrogens (tertiary/aromatic N) is 5. The van der Waals surface area contributed by atoms with Crippen molar-refractivity contribution >= 4 is 29.5 Å². The second-order valence-electron chi connectivity index (χ2n) is 9.41. The van der Waals surface area contributed by atoms with E-state index in [-0.39, 0.29) is 5.92 Å². The standard InChI is InChI=1S/C26H33N5OS2/c32-25(29-13-4-5-14-29)22-11-15-28(16-12-22)20-31-26(33)30(17-10-21-7-2-1-3-8-21)24(27-31)19-23-9-6-18-34-23/h1-3,6-9,18,22H,4-5,10-17,19-20H2. The molecule has 4 heterocycles. The summed E-state index contributed by atoms with van der Waals surface area (Å²) >= 11 is 7.67. The van der Waals surface area contributed by atoms with Crippen LogP contribution in [0.3, 0.4) is 0 Å². The molecular weight excluding hydrogens is 462 g/mol. The number of aromatic nitrogens is 3. The monoisotopic (exact) mass is 495 g/mol. The summed E-state index contributed by atoms with van der Waals surface area (Å²) in [4.78, 5) is 18.5. The Hall–Kier alpha value is -2.29. The average Bonchev–Trinajstić information content (AvgIpc) is 3.63. The summed E-state index contributed by atoms with van der Waals surface area (Å²) in [5.41, 5.74) is 1.31. The number of amides is 1. The van der Waals surface area contributed by atoms with E-state index in [1.54, 1.807) is 11.3 Å². The first kappa shape index (κ1) is 23.5. The molecule has 1 amide bonds. The lowest BCUT2D eigenvalue weighted by molar-refractivity contribution is -0.136. The summed E-state index contributed by atoms with van der Waals surface area (Å²) in [6, 6.07) is 14.8. The van der Waals surface area contributed by atoms with Gasteiger partial charge in [0.05, 0.1) is 6.67 Å². The molecule has 0 spiro atoms. The molecule has 0 unspecified atom stereocenters. The summed E-state index contributed by atoms with van der Waals surface area (Å²) < 4.78 is 5.00. The van der Waals surface area contributed by atoms with Crippen LogP contribution in [0.2, 0.25) is 0 Å². The van der Waals surface area contributed by atoms with E-state index in [1.165, 1.54) is 10.4 Å². The van der Waals surface area contributed by atoms with Crippen LogP contribution in [0.15, 0.2) is 47.8 Å². The van der Waals surface area contributed by atoms with Gasteiger partial charge in [0.25, 0.3) is 0 Å². The number of hydrogen-bond acceptors (Lipinski definition) is 5. The largest absolute Gasteiger partial charge is 0.342 e. The molecule has 0 N–H and O–H groups in total. The molecule has 2 aliphatic heterocycles. The van der Waals surface area contributed by atoms with E-state index in [1.807, 2.05) is 4.68 Å². The highest BCUT2D eigenvalue weighted by Gasteiger charge is 2.30. The number of piperidine rings is 1. The van der Waals surface area contributed by atoms with Crippen LogP contribution in [0.5, 0.6) is 0 Å². The zero-order chi connectivity index (χ0) is 23.3. The predicted octanol–water partition coefficient (Wildman–Crippen LogP) is 4.60. The number of carbonyl (C=O) groups is 1. The third kappa shape index (κ3) is 5.50. The third-order valence-corrected chi connectivity index (χ3v) is 8.37. The van der Waals surface area contributed by atoms with Gasteiger partial charge in [0, 0.05) is 49.9 Å². The quantitative estimate of drug-likeness (QED) is 0.429. The van der Waals surface area contributed by atoms with Crippen LogP contribution in [0.25, 0.3) is 0 Å². The van der Waals surface area contributed by atoms with Crippen molar-refractivity contribution in [1.29, 1.82) is 0 Å². The molecule has 0 aliphatic carbocycles. The fraction of sp³-hybridized carbons (Fsp3) is 0.500. The van der Waals surface area contributed by atoms with Crippen LogP contribution in [-0.2, 0) is 30.8 Å². The summed E-state index contributed by atoms with van der Waals surface area (Å²) in [6.45, 7) is 5.25. The Kier molecular flexibility index (Phi) is 7.57. The topological polar surface area (TPSA) is 46.3 Å². The lowest BCUT2D eigenvalue weighted by Crippen LogP contribution is -2.42. The highest BCUT2D eigenvalue weighted by molar-refractivity contribution is 7.71. The van der Waals surface area contributed by atoms with Gasteiger partial charge in [-0.1, -0.05) is 36.4 Å². The van der Waals surface area contributed by atoms with Gasteiger partial charge in [-0.25, -0.2) is 4.68 Å². The fourth-order valence-corrected chi connectivity index (χ4v) is 6.09. The zero-order valence-corrected chi connectivity index (χ0v) is 21.3. The van der Waals surface area contributed by atoms with E-state index < -0.39 is 0 Å². The average molecular weight is 496 g/mol. The maximum absolute atomic E-state index is 12.8.